The fourth-order valence-corrected chi connectivity index (χ4v) is 7.68. The van der Waals surface area contributed by atoms with Crippen LogP contribution in [0, 0.1) is 5.92 Å². The topological polar surface area (TPSA) is 192 Å². The molecule has 3 aromatic rings. The highest BCUT2D eigenvalue weighted by atomic mass is 16.2. The average Bonchev–Trinajstić information content (AvgIpc) is 4.14. The predicted octanol–water partition coefficient (Wildman–Crippen LogP) is 5.06. The lowest BCUT2D eigenvalue weighted by atomic mass is 9.91. The Kier molecular flexibility index (Phi) is 11.9. The minimum absolute atomic E-state index is 0.0168. The number of allylic oxidation sites excluding steroid dienone is 1. The lowest BCUT2D eigenvalue weighted by Gasteiger charge is -2.43. The summed E-state index contributed by atoms with van der Waals surface area (Å²) in [5.74, 6) is -0.418. The van der Waals surface area contributed by atoms with Crippen LogP contribution < -0.4 is 32.3 Å². The zero-order chi connectivity index (χ0) is 39.3. The van der Waals surface area contributed by atoms with Gasteiger partial charge in [-0.3, -0.25) is 19.2 Å². The van der Waals surface area contributed by atoms with Gasteiger partial charge in [-0.25, -0.2) is 4.98 Å². The highest BCUT2D eigenvalue weighted by Gasteiger charge is 2.38. The summed E-state index contributed by atoms with van der Waals surface area (Å²) >= 11 is 0. The van der Waals surface area contributed by atoms with Crippen molar-refractivity contribution in [2.45, 2.75) is 89.0 Å². The van der Waals surface area contributed by atoms with Crippen molar-refractivity contribution in [3.05, 3.63) is 95.6 Å². The summed E-state index contributed by atoms with van der Waals surface area (Å²) in [6.45, 7) is 4.47. The van der Waals surface area contributed by atoms with E-state index in [1.807, 2.05) is 37.5 Å². The number of anilines is 2. The molecule has 2 amide bonds. The van der Waals surface area contributed by atoms with E-state index in [1.54, 1.807) is 6.07 Å². The van der Waals surface area contributed by atoms with E-state index in [0.717, 1.165) is 92.1 Å². The number of aromatic nitrogens is 3. The van der Waals surface area contributed by atoms with Crippen LogP contribution in [0.1, 0.15) is 92.3 Å². The number of amides is 2. The molecule has 2 atom stereocenters. The van der Waals surface area contributed by atoms with Gasteiger partial charge in [0, 0.05) is 61.9 Å². The smallest absolute Gasteiger partial charge is 0.270 e. The molecule has 0 radical (unpaired) electrons. The monoisotopic (exact) mass is 761 g/mol. The van der Waals surface area contributed by atoms with Crippen LogP contribution in [0.2, 0.25) is 0 Å². The Morgan fingerprint density at radius 2 is 1.84 bits per heavy atom. The number of hydrogen-bond donors (Lipinski definition) is 6. The number of nitrogens with two attached hydrogens (primary N) is 2. The number of carbonyl (C=O) groups excluding carboxylic acids is 2. The molecule has 1 saturated heterocycles. The highest BCUT2D eigenvalue weighted by molar-refractivity contribution is 6.02. The molecular weight excluding hydrogens is 707 g/mol. The van der Waals surface area contributed by atoms with E-state index in [-0.39, 0.29) is 47.4 Å². The summed E-state index contributed by atoms with van der Waals surface area (Å²) in [4.78, 5) is 38.4. The molecule has 0 bridgehead atoms. The Labute approximate surface area is 328 Å². The molecule has 1 aromatic carbocycles. The van der Waals surface area contributed by atoms with Crippen molar-refractivity contribution in [1.82, 2.24) is 30.3 Å². The number of para-hydroxylation sites is 1. The van der Waals surface area contributed by atoms with Gasteiger partial charge in [-0.2, -0.15) is 10.1 Å². The van der Waals surface area contributed by atoms with Crippen molar-refractivity contribution in [3.8, 4) is 11.1 Å². The maximum absolute atomic E-state index is 12.9. The fourth-order valence-electron chi connectivity index (χ4n) is 7.68. The quantitative estimate of drug-likeness (QED) is 0.0476. The summed E-state index contributed by atoms with van der Waals surface area (Å²) in [5.41, 5.74) is 19.0. The second-order valence-electron chi connectivity index (χ2n) is 15.4. The van der Waals surface area contributed by atoms with Crippen LogP contribution in [0.5, 0.6) is 0 Å². The fraction of sp³-hybridized carbons (Fsp3) is 0.452. The maximum atomic E-state index is 12.9. The minimum atomic E-state index is -0.241. The molecule has 14 nitrogen and oxygen atoms in total. The van der Waals surface area contributed by atoms with Gasteiger partial charge in [0.05, 0.1) is 52.4 Å². The average molecular weight is 762 g/mol. The number of aliphatic hydroxyl groups is 1. The highest BCUT2D eigenvalue weighted by Crippen LogP contribution is 2.49. The van der Waals surface area contributed by atoms with Gasteiger partial charge in [0.2, 0.25) is 0 Å². The van der Waals surface area contributed by atoms with E-state index in [1.165, 1.54) is 24.6 Å². The van der Waals surface area contributed by atoms with E-state index in [2.05, 4.69) is 67.6 Å². The molecule has 3 aliphatic carbocycles. The number of benzene rings is 1. The molecule has 56 heavy (non-hydrogen) atoms. The van der Waals surface area contributed by atoms with Crippen LogP contribution >= 0.6 is 0 Å². The first-order valence-corrected chi connectivity index (χ1v) is 19.9. The molecular formula is C42H55N11O3. The molecule has 8 N–H and O–H groups in total. The normalized spacial score (nSPS) is 21.3. The third-order valence-corrected chi connectivity index (χ3v) is 11.1. The number of aliphatic hydroxyl groups excluding tert-OH is 1. The number of fused-ring (bicyclic) bond motifs is 3. The zero-order valence-corrected chi connectivity index (χ0v) is 32.6. The Morgan fingerprint density at radius 1 is 1.05 bits per heavy atom. The number of nitrogens with one attached hydrogen (secondary N) is 3. The van der Waals surface area contributed by atoms with Crippen LogP contribution in [-0.2, 0) is 11.3 Å². The summed E-state index contributed by atoms with van der Waals surface area (Å²) in [5, 5.41) is 24.3. The Hall–Kier alpha value is -5.47. The second-order valence-corrected chi connectivity index (χ2v) is 15.4. The first-order valence-electron chi connectivity index (χ1n) is 19.9. The van der Waals surface area contributed by atoms with Crippen LogP contribution in [0.15, 0.2) is 83.5 Å². The molecule has 14 heteroatoms. The van der Waals surface area contributed by atoms with Crippen LogP contribution in [0.25, 0.3) is 11.1 Å². The van der Waals surface area contributed by atoms with E-state index >= 15 is 0 Å². The first kappa shape index (κ1) is 38.8. The maximum Gasteiger partial charge on any atom is 0.270 e. The molecule has 0 spiro atoms. The number of aliphatic imine (C=N–C) groups is 1. The van der Waals surface area contributed by atoms with Crippen molar-refractivity contribution < 1.29 is 14.7 Å². The Morgan fingerprint density at radius 3 is 2.50 bits per heavy atom. The van der Waals surface area contributed by atoms with Gasteiger partial charge in [-0.15, -0.1) is 0 Å². The lowest BCUT2D eigenvalue weighted by Crippen LogP contribution is -2.48. The molecule has 4 heterocycles. The van der Waals surface area contributed by atoms with E-state index in [9.17, 15) is 14.7 Å². The van der Waals surface area contributed by atoms with Gasteiger partial charge in [0.15, 0.2) is 0 Å². The van der Waals surface area contributed by atoms with Crippen molar-refractivity contribution in [3.63, 3.8) is 0 Å². The summed E-state index contributed by atoms with van der Waals surface area (Å²) in [6, 6.07) is 12.9. The molecule has 2 aromatic heterocycles. The summed E-state index contributed by atoms with van der Waals surface area (Å²) in [7, 11) is 4.08. The third-order valence-electron chi connectivity index (χ3n) is 11.1. The molecule has 2 saturated carbocycles. The van der Waals surface area contributed by atoms with Crippen molar-refractivity contribution in [2.75, 3.05) is 37.4 Å². The standard InChI is InChI=1S/C38H46N10O3.C4H9N/c1-3-33-36-28(27-12-8-13-30(35(27)46(33)2)44-32(29(39)22-49)17-34(40)45-37(50)23-15-16-23)18-41-48(36)26-20-47(21-26)19-25-11-7-14-31(42-25)38(51)43-24-9-5-4-6-10-24;1-5-4-2-3-4/h5,7-9,11-14,17-18,22-24,26,33,44,49H,3-4,6,10,15-16,19-21,39H2,1-2H3,(H,43,51)(H2,40,45,50);4-5H,2-3H2,1H3/b29-22+,32-17+;. The SMILES string of the molecule is CCC1c2c(cnn2C2CN(Cc3cccc(C(=O)NC4C=CCCC4)n3)C2)-c2cccc(NC(=C/C(N)=NC(=O)C3CC3)/C(N)=C\O)c2N1C.CNC1CC1. The molecule has 2 aliphatic heterocycles. The number of carbonyl (C=O) groups is 2. The van der Waals surface area contributed by atoms with E-state index in [4.69, 9.17) is 21.5 Å². The Balaban J connectivity index is 0.000000891. The summed E-state index contributed by atoms with van der Waals surface area (Å²) < 4.78 is 2.18. The van der Waals surface area contributed by atoms with Crippen LogP contribution in [0.3, 0.4) is 0 Å². The van der Waals surface area contributed by atoms with Crippen molar-refractivity contribution >= 4 is 29.0 Å². The zero-order valence-electron chi connectivity index (χ0n) is 32.6. The number of likely N-dealkylation sites (tertiary alicyclic amines) is 1. The molecule has 5 aliphatic rings. The Bertz CT molecular complexity index is 2040. The van der Waals surface area contributed by atoms with Gasteiger partial charge in [0.1, 0.15) is 17.8 Å². The van der Waals surface area contributed by atoms with Gasteiger partial charge in [0.25, 0.3) is 11.8 Å². The van der Waals surface area contributed by atoms with Crippen LogP contribution in [-0.4, -0.2) is 81.7 Å². The van der Waals surface area contributed by atoms with Gasteiger partial charge < -0.3 is 37.4 Å². The largest absolute Gasteiger partial charge is 0.513 e. The van der Waals surface area contributed by atoms with Gasteiger partial charge >= 0.3 is 0 Å². The lowest BCUT2D eigenvalue weighted by molar-refractivity contribution is -0.118. The number of hydrogen-bond acceptors (Lipinski definition) is 10. The molecule has 296 valence electrons. The third kappa shape index (κ3) is 8.81. The van der Waals surface area contributed by atoms with E-state index < -0.39 is 0 Å². The van der Waals surface area contributed by atoms with Gasteiger partial charge in [-0.1, -0.05) is 37.3 Å². The summed E-state index contributed by atoms with van der Waals surface area (Å²) in [6.07, 6.45) is 16.8. The predicted molar refractivity (Wildman–Crippen MR) is 220 cm³/mol. The van der Waals surface area contributed by atoms with Crippen molar-refractivity contribution in [2.24, 2.45) is 22.4 Å². The minimum Gasteiger partial charge on any atom is -0.513 e. The van der Waals surface area contributed by atoms with Gasteiger partial charge in [-0.05, 0) is 76.6 Å². The first-order chi connectivity index (χ1) is 27.2. The van der Waals surface area contributed by atoms with Crippen LogP contribution in [0.4, 0.5) is 11.4 Å². The molecule has 2 unspecified atom stereocenters. The number of pyridine rings is 1. The molecule has 8 rings (SSSR count). The number of nitrogens with zero attached hydrogens (tertiary/aromatic N) is 6. The second kappa shape index (κ2) is 17.1. The number of amidine groups is 1. The van der Waals surface area contributed by atoms with E-state index in [0.29, 0.717) is 17.9 Å². The van der Waals surface area contributed by atoms with Crippen molar-refractivity contribution in [1.29, 1.82) is 0 Å². The number of rotatable bonds is 12. The molecule has 3 fully saturated rings.